The highest BCUT2D eigenvalue weighted by Crippen LogP contribution is 2.29. The zero-order valence-electron chi connectivity index (χ0n) is 11.6. The Labute approximate surface area is 113 Å². The van der Waals surface area contributed by atoms with Crippen molar-refractivity contribution in [3.8, 4) is 0 Å². The minimum absolute atomic E-state index is 0.325. The summed E-state index contributed by atoms with van der Waals surface area (Å²) in [6.45, 7) is 11.1. The van der Waals surface area contributed by atoms with Gasteiger partial charge in [-0.2, -0.15) is 5.10 Å². The van der Waals surface area contributed by atoms with E-state index in [9.17, 15) is 0 Å². The maximum absolute atomic E-state index is 4.33. The van der Waals surface area contributed by atoms with Gasteiger partial charge in [0.25, 0.3) is 0 Å². The van der Waals surface area contributed by atoms with Crippen LogP contribution in [0.5, 0.6) is 0 Å². The maximum atomic E-state index is 4.33. The van der Waals surface area contributed by atoms with Gasteiger partial charge in [0.1, 0.15) is 12.2 Å². The van der Waals surface area contributed by atoms with E-state index in [1.165, 1.54) is 6.42 Å². The lowest BCUT2D eigenvalue weighted by Gasteiger charge is -2.25. The maximum Gasteiger partial charge on any atom is 0.138 e. The van der Waals surface area contributed by atoms with Gasteiger partial charge in [-0.15, -0.1) is 0 Å². The number of hydrogen-bond acceptors (Lipinski definition) is 2. The van der Waals surface area contributed by atoms with Crippen LogP contribution in [0, 0.1) is 5.41 Å². The highest BCUT2D eigenvalue weighted by molar-refractivity contribution is 9.09. The van der Waals surface area contributed by atoms with Crippen molar-refractivity contribution < 1.29 is 0 Å². The van der Waals surface area contributed by atoms with Crippen molar-refractivity contribution in [2.45, 2.75) is 64.8 Å². The normalized spacial score (nSPS) is 14.3. The van der Waals surface area contributed by atoms with Crippen molar-refractivity contribution >= 4 is 15.9 Å². The molecule has 98 valence electrons. The summed E-state index contributed by atoms with van der Waals surface area (Å²) < 4.78 is 2.01. The smallest absolute Gasteiger partial charge is 0.138 e. The van der Waals surface area contributed by atoms with Crippen LogP contribution in [-0.4, -0.2) is 19.6 Å². The Balaban J connectivity index is 2.44. The molecule has 3 nitrogen and oxygen atoms in total. The first kappa shape index (κ1) is 14.7. The number of nitrogens with zero attached hydrogens (tertiary/aromatic N) is 3. The predicted octanol–water partition coefficient (Wildman–Crippen LogP) is 3.99. The summed E-state index contributed by atoms with van der Waals surface area (Å²) in [5.41, 5.74) is 0.325. The fraction of sp³-hybridized carbons (Fsp3) is 0.846. The number of aromatic nitrogens is 3. The molecular weight excluding hydrogens is 278 g/mol. The highest BCUT2D eigenvalue weighted by Gasteiger charge is 2.21. The third-order valence-electron chi connectivity index (χ3n) is 2.93. The van der Waals surface area contributed by atoms with Crippen molar-refractivity contribution in [3.63, 3.8) is 0 Å². The number of aryl methyl sites for hydroxylation is 1. The van der Waals surface area contributed by atoms with E-state index < -0.39 is 0 Å². The molecule has 0 saturated heterocycles. The van der Waals surface area contributed by atoms with Crippen LogP contribution in [0.1, 0.15) is 59.3 Å². The van der Waals surface area contributed by atoms with E-state index in [1.807, 2.05) is 4.68 Å². The van der Waals surface area contributed by atoms with Gasteiger partial charge >= 0.3 is 0 Å². The molecule has 1 rings (SSSR count). The quantitative estimate of drug-likeness (QED) is 0.770. The van der Waals surface area contributed by atoms with Crippen LogP contribution in [-0.2, 0) is 6.42 Å². The average Bonchev–Trinajstić information content (AvgIpc) is 2.64. The summed E-state index contributed by atoms with van der Waals surface area (Å²) in [5.74, 6) is 1.11. The van der Waals surface area contributed by atoms with Crippen LogP contribution in [0.2, 0.25) is 0 Å². The van der Waals surface area contributed by atoms with E-state index >= 15 is 0 Å². The molecule has 0 aliphatic carbocycles. The number of alkyl halides is 1. The number of rotatable bonds is 5. The fourth-order valence-electron chi connectivity index (χ4n) is 1.76. The molecule has 0 amide bonds. The SMILES string of the molecule is CC(C)n1ncnc1CCCC(Br)C(C)(C)C. The lowest BCUT2D eigenvalue weighted by molar-refractivity contribution is 0.378. The van der Waals surface area contributed by atoms with Crippen molar-refractivity contribution in [2.24, 2.45) is 5.41 Å². The molecule has 17 heavy (non-hydrogen) atoms. The molecule has 0 saturated carbocycles. The largest absolute Gasteiger partial charge is 0.248 e. The lowest BCUT2D eigenvalue weighted by atomic mass is 9.89. The molecule has 1 heterocycles. The molecule has 0 aliphatic rings. The summed E-state index contributed by atoms with van der Waals surface area (Å²) >= 11 is 3.77. The zero-order valence-corrected chi connectivity index (χ0v) is 13.2. The van der Waals surface area contributed by atoms with Crippen molar-refractivity contribution in [1.29, 1.82) is 0 Å². The van der Waals surface area contributed by atoms with Crippen LogP contribution >= 0.6 is 15.9 Å². The Morgan fingerprint density at radius 1 is 1.35 bits per heavy atom. The third kappa shape index (κ3) is 4.41. The molecule has 0 spiro atoms. The van der Waals surface area contributed by atoms with Gasteiger partial charge < -0.3 is 0 Å². The zero-order chi connectivity index (χ0) is 13.1. The molecule has 0 N–H and O–H groups in total. The molecule has 0 bridgehead atoms. The van der Waals surface area contributed by atoms with Gasteiger partial charge in [-0.1, -0.05) is 36.7 Å². The number of halogens is 1. The van der Waals surface area contributed by atoms with Crippen molar-refractivity contribution in [3.05, 3.63) is 12.2 Å². The van der Waals surface area contributed by atoms with Crippen molar-refractivity contribution in [2.75, 3.05) is 0 Å². The summed E-state index contributed by atoms with van der Waals surface area (Å²) in [4.78, 5) is 4.89. The lowest BCUT2D eigenvalue weighted by Crippen LogP contribution is -2.20. The van der Waals surface area contributed by atoms with E-state index in [0.717, 1.165) is 18.7 Å². The van der Waals surface area contributed by atoms with Crippen LogP contribution in [0.3, 0.4) is 0 Å². The molecule has 1 unspecified atom stereocenters. The second kappa shape index (κ2) is 5.98. The monoisotopic (exact) mass is 301 g/mol. The summed E-state index contributed by atoms with van der Waals surface area (Å²) in [6, 6.07) is 0.398. The molecule has 1 aromatic rings. The molecule has 0 aliphatic heterocycles. The molecule has 0 aromatic carbocycles. The standard InChI is InChI=1S/C13H24BrN3/c1-10(2)17-12(15-9-16-17)8-6-7-11(14)13(3,4)5/h9-11H,6-8H2,1-5H3. The second-order valence-corrected chi connectivity index (χ2v) is 7.05. The molecule has 1 atom stereocenters. The van der Waals surface area contributed by atoms with Gasteiger partial charge in [-0.05, 0) is 32.1 Å². The van der Waals surface area contributed by atoms with Gasteiger partial charge in [0.05, 0.1) is 0 Å². The predicted molar refractivity (Wildman–Crippen MR) is 75.5 cm³/mol. The molecule has 0 fully saturated rings. The van der Waals surface area contributed by atoms with Gasteiger partial charge in [-0.25, -0.2) is 9.67 Å². The third-order valence-corrected chi connectivity index (χ3v) is 4.77. The average molecular weight is 302 g/mol. The molecular formula is C13H24BrN3. The van der Waals surface area contributed by atoms with Gasteiger partial charge in [0.2, 0.25) is 0 Å². The Kier molecular flexibility index (Phi) is 5.17. The first-order valence-electron chi connectivity index (χ1n) is 6.35. The fourth-order valence-corrected chi connectivity index (χ4v) is 2.08. The van der Waals surface area contributed by atoms with Gasteiger partial charge in [0, 0.05) is 17.3 Å². The Morgan fingerprint density at radius 3 is 2.53 bits per heavy atom. The Morgan fingerprint density at radius 2 is 2.00 bits per heavy atom. The second-order valence-electron chi connectivity index (χ2n) is 5.94. The molecule has 4 heteroatoms. The topological polar surface area (TPSA) is 30.7 Å². The summed E-state index contributed by atoms with van der Waals surface area (Å²) in [6.07, 6.45) is 4.99. The summed E-state index contributed by atoms with van der Waals surface area (Å²) in [7, 11) is 0. The minimum atomic E-state index is 0.325. The van der Waals surface area contributed by atoms with E-state index in [4.69, 9.17) is 0 Å². The van der Waals surface area contributed by atoms with Crippen LogP contribution in [0.25, 0.3) is 0 Å². The van der Waals surface area contributed by atoms with Gasteiger partial charge in [-0.3, -0.25) is 0 Å². The first-order chi connectivity index (χ1) is 7.82. The highest BCUT2D eigenvalue weighted by atomic mass is 79.9. The first-order valence-corrected chi connectivity index (χ1v) is 7.26. The number of hydrogen-bond donors (Lipinski definition) is 0. The Hall–Kier alpha value is -0.380. The van der Waals surface area contributed by atoms with E-state index in [1.54, 1.807) is 6.33 Å². The summed E-state index contributed by atoms with van der Waals surface area (Å²) in [5, 5.41) is 4.26. The van der Waals surface area contributed by atoms with Crippen molar-refractivity contribution in [1.82, 2.24) is 14.8 Å². The van der Waals surface area contributed by atoms with Crippen LogP contribution < -0.4 is 0 Å². The van der Waals surface area contributed by atoms with Crippen LogP contribution in [0.15, 0.2) is 6.33 Å². The molecule has 1 aromatic heterocycles. The van der Waals surface area contributed by atoms with E-state index in [2.05, 4.69) is 60.6 Å². The van der Waals surface area contributed by atoms with E-state index in [0.29, 0.717) is 16.3 Å². The van der Waals surface area contributed by atoms with E-state index in [-0.39, 0.29) is 0 Å². The molecule has 0 radical (unpaired) electrons. The Bertz CT molecular complexity index is 339. The minimum Gasteiger partial charge on any atom is -0.248 e. The van der Waals surface area contributed by atoms with Gasteiger partial charge in [0.15, 0.2) is 0 Å². The van der Waals surface area contributed by atoms with Crippen LogP contribution in [0.4, 0.5) is 0 Å².